The molecule has 0 aromatic heterocycles. The normalized spacial score (nSPS) is 13.4. The monoisotopic (exact) mass is 208 g/mol. The van der Waals surface area contributed by atoms with Crippen molar-refractivity contribution >= 4 is 30.4 Å². The van der Waals surface area contributed by atoms with Crippen LogP contribution in [-0.2, 0) is 0 Å². The second-order valence-corrected chi connectivity index (χ2v) is 4.12. The molecule has 0 radical (unpaired) electrons. The van der Waals surface area contributed by atoms with Crippen LogP contribution in [0.15, 0.2) is 48.5 Å². The Kier molecular flexibility index (Phi) is 2.10. The maximum Gasteiger partial charge on any atom is 0.139 e. The third-order valence-corrected chi connectivity index (χ3v) is 2.94. The molecule has 0 saturated carbocycles. The van der Waals surface area contributed by atoms with Gasteiger partial charge in [0.2, 0.25) is 0 Å². The molecule has 2 aromatic carbocycles. The second kappa shape index (κ2) is 3.60. The number of fused-ring (bicyclic) bond motifs is 1. The number of anilines is 3. The molecule has 0 spiro atoms. The van der Waals surface area contributed by atoms with Gasteiger partial charge in [0.05, 0.1) is 18.0 Å². The Labute approximate surface area is 96.3 Å². The predicted octanol–water partition coefficient (Wildman–Crippen LogP) is 1.47. The van der Waals surface area contributed by atoms with E-state index in [4.69, 9.17) is 0 Å². The summed E-state index contributed by atoms with van der Waals surface area (Å²) in [5.41, 5.74) is 5.02. The topological polar surface area (TPSA) is 15.3 Å². The highest BCUT2D eigenvalue weighted by Gasteiger charge is 2.19. The number of hydrogen-bond acceptors (Lipinski definition) is 2. The fraction of sp³-hybridized carbons (Fsp3) is 0.0769. The second-order valence-electron chi connectivity index (χ2n) is 4.12. The molecule has 1 aliphatic rings. The van der Waals surface area contributed by atoms with Crippen LogP contribution in [0.3, 0.4) is 0 Å². The zero-order chi connectivity index (χ0) is 11.0. The highest BCUT2D eigenvalue weighted by atomic mass is 15.3. The zero-order valence-corrected chi connectivity index (χ0v) is 9.27. The van der Waals surface area contributed by atoms with Crippen LogP contribution in [0.25, 0.3) is 0 Å². The molecule has 0 amide bonds. The Hall–Kier alpha value is -1.90. The standard InChI is InChI=1S/C13H13BN2/c14-10-6-7-12-13(8-10)16(9-15-12)11-4-2-1-3-5-11/h1-8,15H,9,14H2. The molecule has 0 unspecified atom stereocenters. The van der Waals surface area contributed by atoms with Crippen molar-refractivity contribution in [2.45, 2.75) is 0 Å². The van der Waals surface area contributed by atoms with Gasteiger partial charge < -0.3 is 10.2 Å². The van der Waals surface area contributed by atoms with Gasteiger partial charge in [-0.1, -0.05) is 29.7 Å². The van der Waals surface area contributed by atoms with Gasteiger partial charge in [-0.2, -0.15) is 0 Å². The first-order chi connectivity index (χ1) is 7.84. The summed E-state index contributed by atoms with van der Waals surface area (Å²) >= 11 is 0. The summed E-state index contributed by atoms with van der Waals surface area (Å²) < 4.78 is 0. The molecule has 2 aromatic rings. The van der Waals surface area contributed by atoms with E-state index >= 15 is 0 Å². The van der Waals surface area contributed by atoms with E-state index in [1.807, 2.05) is 6.07 Å². The van der Waals surface area contributed by atoms with Crippen molar-refractivity contribution in [2.24, 2.45) is 0 Å². The quantitative estimate of drug-likeness (QED) is 0.714. The Bertz CT molecular complexity index is 511. The third kappa shape index (κ3) is 1.45. The van der Waals surface area contributed by atoms with E-state index in [9.17, 15) is 0 Å². The van der Waals surface area contributed by atoms with Crippen molar-refractivity contribution in [2.75, 3.05) is 16.9 Å². The van der Waals surface area contributed by atoms with Crippen LogP contribution < -0.4 is 15.7 Å². The molecule has 78 valence electrons. The molecule has 1 aliphatic heterocycles. The predicted molar refractivity (Wildman–Crippen MR) is 71.7 cm³/mol. The van der Waals surface area contributed by atoms with E-state index < -0.39 is 0 Å². The molecular weight excluding hydrogens is 195 g/mol. The molecule has 0 bridgehead atoms. The van der Waals surface area contributed by atoms with Crippen molar-refractivity contribution in [1.82, 2.24) is 0 Å². The summed E-state index contributed by atoms with van der Waals surface area (Å²) in [5.74, 6) is 0. The summed E-state index contributed by atoms with van der Waals surface area (Å²) in [7, 11) is 2.13. The Morgan fingerprint density at radius 2 is 1.88 bits per heavy atom. The van der Waals surface area contributed by atoms with E-state index in [-0.39, 0.29) is 0 Å². The molecule has 1 N–H and O–H groups in total. The number of nitrogens with one attached hydrogen (secondary N) is 1. The van der Waals surface area contributed by atoms with Gasteiger partial charge in [0, 0.05) is 5.69 Å². The third-order valence-electron chi connectivity index (χ3n) is 2.94. The molecule has 16 heavy (non-hydrogen) atoms. The smallest absolute Gasteiger partial charge is 0.139 e. The van der Waals surface area contributed by atoms with Crippen molar-refractivity contribution in [3.8, 4) is 0 Å². The lowest BCUT2D eigenvalue weighted by Crippen LogP contribution is -2.16. The van der Waals surface area contributed by atoms with Crippen LogP contribution in [0.4, 0.5) is 17.1 Å². The number of benzene rings is 2. The van der Waals surface area contributed by atoms with E-state index in [1.54, 1.807) is 0 Å². The number of hydrogen-bond donors (Lipinski definition) is 1. The minimum absolute atomic E-state index is 0.850. The van der Waals surface area contributed by atoms with Crippen LogP contribution >= 0.6 is 0 Å². The van der Waals surface area contributed by atoms with E-state index in [0.717, 1.165) is 6.67 Å². The highest BCUT2D eigenvalue weighted by Crippen LogP contribution is 2.35. The number of nitrogens with zero attached hydrogens (tertiary/aromatic N) is 1. The van der Waals surface area contributed by atoms with Crippen molar-refractivity contribution in [3.05, 3.63) is 48.5 Å². The molecule has 0 aliphatic carbocycles. The lowest BCUT2D eigenvalue weighted by Gasteiger charge is -2.18. The molecule has 0 saturated heterocycles. The van der Waals surface area contributed by atoms with Gasteiger partial charge in [0.25, 0.3) is 0 Å². The maximum atomic E-state index is 3.40. The van der Waals surface area contributed by atoms with Crippen LogP contribution in [-0.4, -0.2) is 14.5 Å². The molecular formula is C13H13BN2. The fourth-order valence-electron chi connectivity index (χ4n) is 2.10. The van der Waals surface area contributed by atoms with Gasteiger partial charge in [-0.3, -0.25) is 0 Å². The molecule has 0 atom stereocenters. The Morgan fingerprint density at radius 3 is 2.69 bits per heavy atom. The minimum atomic E-state index is 0.850. The summed E-state index contributed by atoms with van der Waals surface area (Å²) in [4.78, 5) is 2.29. The minimum Gasteiger partial charge on any atom is -0.366 e. The lowest BCUT2D eigenvalue weighted by molar-refractivity contribution is 1.10. The van der Waals surface area contributed by atoms with E-state index in [0.29, 0.717) is 0 Å². The molecule has 1 heterocycles. The van der Waals surface area contributed by atoms with Crippen molar-refractivity contribution in [3.63, 3.8) is 0 Å². The average Bonchev–Trinajstić information content (AvgIpc) is 2.73. The first-order valence-electron chi connectivity index (χ1n) is 5.52. The van der Waals surface area contributed by atoms with Gasteiger partial charge in [-0.15, -0.1) is 0 Å². The summed E-state index contributed by atoms with van der Waals surface area (Å²) in [6.07, 6.45) is 0. The van der Waals surface area contributed by atoms with Crippen LogP contribution in [0.5, 0.6) is 0 Å². The largest absolute Gasteiger partial charge is 0.366 e. The first kappa shape index (κ1) is 9.34. The van der Waals surface area contributed by atoms with Gasteiger partial charge in [0.1, 0.15) is 7.85 Å². The van der Waals surface area contributed by atoms with E-state index in [1.165, 1.54) is 22.5 Å². The molecule has 2 nitrogen and oxygen atoms in total. The Balaban J connectivity index is 2.06. The molecule has 0 fully saturated rings. The lowest BCUT2D eigenvalue weighted by atomic mass is 9.95. The first-order valence-corrected chi connectivity index (χ1v) is 5.52. The van der Waals surface area contributed by atoms with Crippen molar-refractivity contribution < 1.29 is 0 Å². The summed E-state index contributed by atoms with van der Waals surface area (Å²) in [6, 6.07) is 17.0. The zero-order valence-electron chi connectivity index (χ0n) is 9.27. The number of para-hydroxylation sites is 1. The highest BCUT2D eigenvalue weighted by molar-refractivity contribution is 6.32. The maximum absolute atomic E-state index is 3.40. The van der Waals surface area contributed by atoms with Crippen molar-refractivity contribution in [1.29, 1.82) is 0 Å². The van der Waals surface area contributed by atoms with Gasteiger partial charge in [-0.05, 0) is 24.3 Å². The van der Waals surface area contributed by atoms with E-state index in [2.05, 4.69) is 60.5 Å². The summed E-state index contributed by atoms with van der Waals surface area (Å²) in [6.45, 7) is 0.850. The van der Waals surface area contributed by atoms with Gasteiger partial charge >= 0.3 is 0 Å². The van der Waals surface area contributed by atoms with Gasteiger partial charge in [0.15, 0.2) is 0 Å². The Morgan fingerprint density at radius 1 is 1.06 bits per heavy atom. The van der Waals surface area contributed by atoms with Crippen LogP contribution in [0, 0.1) is 0 Å². The molecule has 3 rings (SSSR count). The average molecular weight is 208 g/mol. The SMILES string of the molecule is Bc1ccc2c(c1)N(c1ccccc1)CN2. The van der Waals surface area contributed by atoms with Crippen LogP contribution in [0.1, 0.15) is 0 Å². The number of rotatable bonds is 1. The molecule has 3 heteroatoms. The van der Waals surface area contributed by atoms with Crippen LogP contribution in [0.2, 0.25) is 0 Å². The summed E-state index contributed by atoms with van der Waals surface area (Å²) in [5, 5.41) is 3.40. The van der Waals surface area contributed by atoms with Gasteiger partial charge in [-0.25, -0.2) is 0 Å². The fourth-order valence-corrected chi connectivity index (χ4v) is 2.10.